The van der Waals surface area contributed by atoms with E-state index in [1.165, 1.54) is 19.2 Å². The van der Waals surface area contributed by atoms with E-state index in [9.17, 15) is 17.6 Å². The van der Waals surface area contributed by atoms with E-state index in [1.807, 2.05) is 0 Å². The van der Waals surface area contributed by atoms with Crippen molar-refractivity contribution < 1.29 is 22.0 Å². The van der Waals surface area contributed by atoms with Crippen molar-refractivity contribution in [2.45, 2.75) is 18.1 Å². The third-order valence-corrected chi connectivity index (χ3v) is 5.10. The first-order chi connectivity index (χ1) is 11.2. The first-order valence-corrected chi connectivity index (χ1v) is 8.88. The van der Waals surface area contributed by atoms with Crippen LogP contribution in [0.2, 0.25) is 10.0 Å². The van der Waals surface area contributed by atoms with Gasteiger partial charge in [0.2, 0.25) is 5.09 Å². The maximum Gasteiger partial charge on any atom is 0.287 e. The second kappa shape index (κ2) is 7.10. The fraction of sp³-hybridized carbons (Fsp3) is 0.214. The summed E-state index contributed by atoms with van der Waals surface area (Å²) < 4.78 is 43.8. The number of halogens is 3. The first kappa shape index (κ1) is 18.7. The van der Waals surface area contributed by atoms with Gasteiger partial charge in [0.1, 0.15) is 5.82 Å². The molecule has 0 aliphatic heterocycles. The number of benzene rings is 1. The zero-order chi connectivity index (χ0) is 18.1. The fourth-order valence-electron chi connectivity index (χ4n) is 1.90. The van der Waals surface area contributed by atoms with Gasteiger partial charge in [-0.25, -0.2) is 17.5 Å². The molecule has 2 rings (SSSR count). The summed E-state index contributed by atoms with van der Waals surface area (Å²) in [6.07, 6.45) is 0. The lowest BCUT2D eigenvalue weighted by Gasteiger charge is -2.15. The minimum atomic E-state index is -3.79. The Bertz CT molecular complexity index is 883. The summed E-state index contributed by atoms with van der Waals surface area (Å²) in [7, 11) is -2.57. The number of nitrogens with one attached hydrogen (secondary N) is 2. The first-order valence-electron chi connectivity index (χ1n) is 6.64. The van der Waals surface area contributed by atoms with E-state index in [4.69, 9.17) is 27.6 Å². The smallest absolute Gasteiger partial charge is 0.287 e. The largest absolute Gasteiger partial charge is 0.438 e. The topological polar surface area (TPSA) is 88.4 Å². The molecular weight excluding hydrogens is 382 g/mol. The summed E-state index contributed by atoms with van der Waals surface area (Å²) in [5, 5.41) is 2.21. The fourth-order valence-corrected chi connectivity index (χ4v) is 3.10. The van der Waals surface area contributed by atoms with Crippen LogP contribution in [-0.2, 0) is 10.0 Å². The predicted molar refractivity (Wildman–Crippen MR) is 87.3 cm³/mol. The molecule has 0 aliphatic carbocycles. The Morgan fingerprint density at radius 3 is 2.54 bits per heavy atom. The average molecular weight is 395 g/mol. The Hall–Kier alpha value is -1.61. The molecule has 0 saturated heterocycles. The van der Waals surface area contributed by atoms with Gasteiger partial charge in [-0.3, -0.25) is 4.79 Å². The summed E-state index contributed by atoms with van der Waals surface area (Å²) in [6, 6.07) is 4.07. The quantitative estimate of drug-likeness (QED) is 0.762. The molecule has 1 aromatic carbocycles. The molecule has 0 spiro atoms. The summed E-state index contributed by atoms with van der Waals surface area (Å²) in [5.41, 5.74) is 0.321. The van der Waals surface area contributed by atoms with Crippen molar-refractivity contribution >= 4 is 39.1 Å². The van der Waals surface area contributed by atoms with Crippen molar-refractivity contribution in [2.24, 2.45) is 0 Å². The van der Waals surface area contributed by atoms with Crippen molar-refractivity contribution in [3.63, 3.8) is 0 Å². The van der Waals surface area contributed by atoms with Crippen molar-refractivity contribution in [1.82, 2.24) is 10.0 Å². The standard InChI is InChI=1S/C14H13Cl2FN2O4S/c1-7(8-5-11(17)10(16)6-9(8)15)19-14(20)12-3-4-13(23-12)24(21,22)18-2/h3-7,18H,1-2H3,(H,19,20). The van der Waals surface area contributed by atoms with Gasteiger partial charge in [0.25, 0.3) is 15.9 Å². The number of amides is 1. The number of carbonyl (C=O) groups excluding carboxylic acids is 1. The van der Waals surface area contributed by atoms with E-state index in [1.54, 1.807) is 6.92 Å². The van der Waals surface area contributed by atoms with Crippen LogP contribution in [0.1, 0.15) is 29.1 Å². The minimum absolute atomic E-state index is 0.129. The number of furan rings is 1. The molecule has 1 unspecified atom stereocenters. The number of hydrogen-bond acceptors (Lipinski definition) is 4. The summed E-state index contributed by atoms with van der Waals surface area (Å²) >= 11 is 11.6. The van der Waals surface area contributed by atoms with E-state index in [0.29, 0.717) is 5.56 Å². The lowest BCUT2D eigenvalue weighted by Crippen LogP contribution is -2.26. The van der Waals surface area contributed by atoms with Gasteiger partial charge in [-0.05, 0) is 43.8 Å². The molecule has 0 radical (unpaired) electrons. The highest BCUT2D eigenvalue weighted by Gasteiger charge is 2.22. The van der Waals surface area contributed by atoms with Crippen LogP contribution in [0.4, 0.5) is 4.39 Å². The molecule has 1 amide bonds. The Morgan fingerprint density at radius 1 is 1.25 bits per heavy atom. The third-order valence-electron chi connectivity index (χ3n) is 3.19. The van der Waals surface area contributed by atoms with Crippen molar-refractivity contribution in [3.8, 4) is 0 Å². The molecule has 1 heterocycles. The van der Waals surface area contributed by atoms with Gasteiger partial charge in [-0.1, -0.05) is 23.2 Å². The van der Waals surface area contributed by atoms with Crippen LogP contribution in [0.5, 0.6) is 0 Å². The van der Waals surface area contributed by atoms with Crippen LogP contribution in [0, 0.1) is 5.82 Å². The lowest BCUT2D eigenvalue weighted by molar-refractivity contribution is 0.0906. The Kier molecular flexibility index (Phi) is 5.54. The number of sulfonamides is 1. The third kappa shape index (κ3) is 3.89. The predicted octanol–water partition coefficient (Wildman–Crippen LogP) is 3.12. The second-order valence-corrected chi connectivity index (χ2v) is 7.44. The number of rotatable bonds is 5. The van der Waals surface area contributed by atoms with Gasteiger partial charge in [-0.2, -0.15) is 0 Å². The van der Waals surface area contributed by atoms with Crippen molar-refractivity contribution in [1.29, 1.82) is 0 Å². The highest BCUT2D eigenvalue weighted by atomic mass is 35.5. The van der Waals surface area contributed by atoms with E-state index >= 15 is 0 Å². The van der Waals surface area contributed by atoms with Crippen molar-refractivity contribution in [3.05, 3.63) is 51.5 Å². The Balaban J connectivity index is 2.20. The maximum atomic E-state index is 13.6. The molecule has 2 aromatic rings. The molecule has 0 bridgehead atoms. The number of hydrogen-bond donors (Lipinski definition) is 2. The summed E-state index contributed by atoms with van der Waals surface area (Å²) in [5.74, 6) is -1.55. The molecule has 0 saturated carbocycles. The van der Waals surface area contributed by atoms with Gasteiger partial charge in [0.15, 0.2) is 5.76 Å². The highest BCUT2D eigenvalue weighted by molar-refractivity contribution is 7.89. The average Bonchev–Trinajstić information content (AvgIpc) is 3.01. The minimum Gasteiger partial charge on any atom is -0.438 e. The van der Waals surface area contributed by atoms with Gasteiger partial charge in [0.05, 0.1) is 11.1 Å². The van der Waals surface area contributed by atoms with E-state index < -0.39 is 32.9 Å². The van der Waals surface area contributed by atoms with Crippen LogP contribution in [0.25, 0.3) is 0 Å². The molecule has 6 nitrogen and oxygen atoms in total. The molecule has 130 valence electrons. The van der Waals surface area contributed by atoms with E-state index in [-0.39, 0.29) is 15.8 Å². The summed E-state index contributed by atoms with van der Waals surface area (Å²) in [4.78, 5) is 12.1. The van der Waals surface area contributed by atoms with E-state index in [0.717, 1.165) is 12.1 Å². The van der Waals surface area contributed by atoms with Crippen molar-refractivity contribution in [2.75, 3.05) is 7.05 Å². The second-order valence-electron chi connectivity index (χ2n) is 4.81. The lowest BCUT2D eigenvalue weighted by atomic mass is 10.1. The maximum absolute atomic E-state index is 13.6. The Labute approximate surface area is 148 Å². The van der Waals surface area contributed by atoms with Crippen LogP contribution < -0.4 is 10.0 Å². The number of carbonyl (C=O) groups is 1. The molecule has 1 atom stereocenters. The van der Waals surface area contributed by atoms with Crippen LogP contribution in [-0.4, -0.2) is 21.4 Å². The van der Waals surface area contributed by atoms with Gasteiger partial charge in [0, 0.05) is 5.02 Å². The zero-order valence-corrected chi connectivity index (χ0v) is 14.9. The van der Waals surface area contributed by atoms with Gasteiger partial charge < -0.3 is 9.73 Å². The van der Waals surface area contributed by atoms with E-state index in [2.05, 4.69) is 10.0 Å². The Morgan fingerprint density at radius 2 is 1.92 bits per heavy atom. The molecule has 10 heteroatoms. The monoisotopic (exact) mass is 394 g/mol. The molecule has 2 N–H and O–H groups in total. The molecular formula is C14H13Cl2FN2O4S. The summed E-state index contributed by atoms with van der Waals surface area (Å²) in [6.45, 7) is 1.58. The van der Waals surface area contributed by atoms with Crippen LogP contribution in [0.3, 0.4) is 0 Å². The SMILES string of the molecule is CNS(=O)(=O)c1ccc(C(=O)NC(C)c2cc(F)c(Cl)cc2Cl)o1. The van der Waals surface area contributed by atoms with Crippen LogP contribution >= 0.6 is 23.2 Å². The molecule has 24 heavy (non-hydrogen) atoms. The highest BCUT2D eigenvalue weighted by Crippen LogP contribution is 2.28. The molecule has 1 aromatic heterocycles. The van der Waals surface area contributed by atoms with Gasteiger partial charge in [-0.15, -0.1) is 0 Å². The van der Waals surface area contributed by atoms with Crippen LogP contribution in [0.15, 0.2) is 33.8 Å². The zero-order valence-electron chi connectivity index (χ0n) is 12.6. The van der Waals surface area contributed by atoms with Gasteiger partial charge >= 0.3 is 0 Å². The molecule has 0 aliphatic rings. The molecule has 0 fully saturated rings. The normalized spacial score (nSPS) is 12.9.